The molecule has 41 heavy (non-hydrogen) atoms. The smallest absolute Gasteiger partial charge is 0.0165 e. The fourth-order valence-corrected chi connectivity index (χ4v) is 7.79. The maximum atomic E-state index is 2.51. The molecule has 0 saturated carbocycles. The third-order valence-corrected chi connectivity index (χ3v) is 9.60. The van der Waals surface area contributed by atoms with Gasteiger partial charge in [-0.25, -0.2) is 0 Å². The molecule has 8 aromatic carbocycles. The van der Waals surface area contributed by atoms with Crippen LogP contribution in [0.4, 0.5) is 0 Å². The topological polar surface area (TPSA) is 0 Å². The Morgan fingerprint density at radius 2 is 1.00 bits per heavy atom. The molecule has 0 spiro atoms. The molecule has 0 amide bonds. The lowest BCUT2D eigenvalue weighted by Crippen LogP contribution is -2.15. The quantitative estimate of drug-likeness (QED) is 0.149. The van der Waals surface area contributed by atoms with E-state index in [1.807, 2.05) is 0 Å². The summed E-state index contributed by atoms with van der Waals surface area (Å²) in [5, 5.41) is 13.1. The minimum atomic E-state index is -0.0812. The van der Waals surface area contributed by atoms with E-state index in [4.69, 9.17) is 0 Å². The Morgan fingerprint density at radius 3 is 1.85 bits per heavy atom. The fraction of sp³-hybridized carbons (Fsp3) is 0.0732. The number of benzene rings is 8. The van der Waals surface area contributed by atoms with Gasteiger partial charge in [0, 0.05) is 5.41 Å². The van der Waals surface area contributed by atoms with Crippen molar-refractivity contribution in [3.05, 3.63) is 145 Å². The minimum Gasteiger partial charge on any atom is -0.0619 e. The SMILES string of the molecule is CC1(C)c2ccccc2-c2ccc3c(cc(-c4c5ccccc5cc5c4ccc4ccccc45)c4ccccc43)c21. The van der Waals surface area contributed by atoms with Gasteiger partial charge in [-0.1, -0.05) is 135 Å². The van der Waals surface area contributed by atoms with Crippen LogP contribution in [-0.2, 0) is 5.41 Å². The van der Waals surface area contributed by atoms with Crippen LogP contribution in [0.25, 0.3) is 76.1 Å². The number of rotatable bonds is 1. The highest BCUT2D eigenvalue weighted by molar-refractivity contribution is 6.25. The van der Waals surface area contributed by atoms with Crippen LogP contribution in [0.3, 0.4) is 0 Å². The monoisotopic (exact) mass is 520 g/mol. The summed E-state index contributed by atoms with van der Waals surface area (Å²) in [6.45, 7) is 4.79. The van der Waals surface area contributed by atoms with Gasteiger partial charge in [-0.3, -0.25) is 0 Å². The minimum absolute atomic E-state index is 0.0812. The zero-order valence-electron chi connectivity index (χ0n) is 23.2. The molecule has 192 valence electrons. The van der Waals surface area contributed by atoms with Crippen molar-refractivity contribution < 1.29 is 0 Å². The molecule has 1 aliphatic rings. The summed E-state index contributed by atoms with van der Waals surface area (Å²) in [7, 11) is 0. The second-order valence-electron chi connectivity index (χ2n) is 12.1. The number of fused-ring (bicyclic) bond motifs is 11. The van der Waals surface area contributed by atoms with Gasteiger partial charge in [-0.2, -0.15) is 0 Å². The molecule has 0 aliphatic heterocycles. The standard InChI is InChI=1S/C41H28/c1-41(2)38-18-10-9-17-32(38)34-22-21-31-29-15-7-8-16-30(29)36(24-37(31)40(34)41)39-28-14-6-4-12-26(28)23-35-27-13-5-3-11-25(27)19-20-33(35)39/h3-24H,1-2H3. The molecule has 0 bridgehead atoms. The van der Waals surface area contributed by atoms with Crippen molar-refractivity contribution in [1.29, 1.82) is 0 Å². The average molecular weight is 521 g/mol. The van der Waals surface area contributed by atoms with E-state index in [1.54, 1.807) is 0 Å². The molecule has 0 nitrogen and oxygen atoms in total. The van der Waals surface area contributed by atoms with E-state index in [0.29, 0.717) is 0 Å². The van der Waals surface area contributed by atoms with Crippen LogP contribution >= 0.6 is 0 Å². The van der Waals surface area contributed by atoms with Crippen molar-refractivity contribution in [2.75, 3.05) is 0 Å². The summed E-state index contributed by atoms with van der Waals surface area (Å²) in [5.41, 5.74) is 8.15. The Kier molecular flexibility index (Phi) is 4.49. The Hall–Kier alpha value is -4.94. The summed E-state index contributed by atoms with van der Waals surface area (Å²) >= 11 is 0. The van der Waals surface area contributed by atoms with Gasteiger partial charge in [-0.05, 0) is 99.4 Å². The average Bonchev–Trinajstić information content (AvgIpc) is 3.26. The first-order valence-corrected chi connectivity index (χ1v) is 14.5. The van der Waals surface area contributed by atoms with Gasteiger partial charge in [0.15, 0.2) is 0 Å². The summed E-state index contributed by atoms with van der Waals surface area (Å²) in [6, 6.07) is 49.9. The molecular weight excluding hydrogens is 492 g/mol. The molecule has 0 heterocycles. The molecular formula is C41H28. The molecule has 1 aliphatic carbocycles. The Labute approximate surface area is 239 Å². The molecule has 0 unspecified atom stereocenters. The van der Waals surface area contributed by atoms with Crippen LogP contribution in [0.2, 0.25) is 0 Å². The number of hydrogen-bond donors (Lipinski definition) is 0. The molecule has 0 atom stereocenters. The van der Waals surface area contributed by atoms with E-state index in [9.17, 15) is 0 Å². The van der Waals surface area contributed by atoms with Gasteiger partial charge >= 0.3 is 0 Å². The van der Waals surface area contributed by atoms with Gasteiger partial charge < -0.3 is 0 Å². The highest BCUT2D eigenvalue weighted by Gasteiger charge is 2.37. The Morgan fingerprint density at radius 1 is 0.366 bits per heavy atom. The third-order valence-electron chi connectivity index (χ3n) is 9.60. The first-order valence-electron chi connectivity index (χ1n) is 14.5. The fourth-order valence-electron chi connectivity index (χ4n) is 7.79. The van der Waals surface area contributed by atoms with Gasteiger partial charge in [0.25, 0.3) is 0 Å². The molecule has 0 radical (unpaired) electrons. The van der Waals surface area contributed by atoms with Crippen molar-refractivity contribution in [2.45, 2.75) is 19.3 Å². The van der Waals surface area contributed by atoms with Crippen LogP contribution in [0, 0.1) is 0 Å². The van der Waals surface area contributed by atoms with E-state index in [1.165, 1.54) is 87.2 Å². The lowest BCUT2D eigenvalue weighted by atomic mass is 9.78. The zero-order valence-corrected chi connectivity index (χ0v) is 23.2. The Bertz CT molecular complexity index is 2390. The van der Waals surface area contributed by atoms with E-state index in [0.717, 1.165) is 0 Å². The van der Waals surface area contributed by atoms with Gasteiger partial charge in [0.05, 0.1) is 0 Å². The molecule has 0 aromatic heterocycles. The lowest BCUT2D eigenvalue weighted by molar-refractivity contribution is 0.666. The van der Waals surface area contributed by atoms with E-state index < -0.39 is 0 Å². The van der Waals surface area contributed by atoms with Gasteiger partial charge in [0.2, 0.25) is 0 Å². The summed E-state index contributed by atoms with van der Waals surface area (Å²) in [5.74, 6) is 0. The molecule has 9 rings (SSSR count). The van der Waals surface area contributed by atoms with E-state index >= 15 is 0 Å². The first-order chi connectivity index (χ1) is 20.1. The molecule has 0 heteroatoms. The predicted molar refractivity (Wildman–Crippen MR) is 177 cm³/mol. The van der Waals surface area contributed by atoms with Crippen molar-refractivity contribution in [1.82, 2.24) is 0 Å². The highest BCUT2D eigenvalue weighted by atomic mass is 14.4. The highest BCUT2D eigenvalue weighted by Crippen LogP contribution is 2.53. The van der Waals surface area contributed by atoms with Crippen LogP contribution in [0.1, 0.15) is 25.0 Å². The molecule has 0 saturated heterocycles. The zero-order chi connectivity index (χ0) is 27.3. The van der Waals surface area contributed by atoms with E-state index in [2.05, 4.69) is 147 Å². The molecule has 0 fully saturated rings. The lowest BCUT2D eigenvalue weighted by Gasteiger charge is -2.24. The van der Waals surface area contributed by atoms with E-state index in [-0.39, 0.29) is 5.41 Å². The second kappa shape index (κ2) is 8.05. The van der Waals surface area contributed by atoms with Crippen molar-refractivity contribution in [3.63, 3.8) is 0 Å². The van der Waals surface area contributed by atoms with Crippen molar-refractivity contribution >= 4 is 53.9 Å². The first kappa shape index (κ1) is 22.8. The van der Waals surface area contributed by atoms with Crippen LogP contribution in [0.15, 0.2) is 133 Å². The maximum absolute atomic E-state index is 2.51. The van der Waals surface area contributed by atoms with Gasteiger partial charge in [-0.15, -0.1) is 0 Å². The predicted octanol–water partition coefficient (Wildman–Crippen LogP) is 11.4. The normalized spacial score (nSPS) is 13.8. The van der Waals surface area contributed by atoms with Crippen molar-refractivity contribution in [3.8, 4) is 22.3 Å². The van der Waals surface area contributed by atoms with Crippen LogP contribution < -0.4 is 0 Å². The maximum Gasteiger partial charge on any atom is 0.0165 e. The third kappa shape index (κ3) is 3.00. The summed E-state index contributed by atoms with van der Waals surface area (Å²) in [4.78, 5) is 0. The largest absolute Gasteiger partial charge is 0.0619 e. The van der Waals surface area contributed by atoms with Crippen LogP contribution in [-0.4, -0.2) is 0 Å². The molecule has 0 N–H and O–H groups in total. The summed E-state index contributed by atoms with van der Waals surface area (Å²) < 4.78 is 0. The summed E-state index contributed by atoms with van der Waals surface area (Å²) in [6.07, 6.45) is 0. The van der Waals surface area contributed by atoms with Gasteiger partial charge in [0.1, 0.15) is 0 Å². The number of hydrogen-bond acceptors (Lipinski definition) is 0. The molecule has 8 aromatic rings. The second-order valence-corrected chi connectivity index (χ2v) is 12.1. The van der Waals surface area contributed by atoms with Crippen LogP contribution in [0.5, 0.6) is 0 Å². The Balaban J connectivity index is 1.50. The van der Waals surface area contributed by atoms with Crippen molar-refractivity contribution in [2.24, 2.45) is 0 Å².